The van der Waals surface area contributed by atoms with Crippen LogP contribution in [0.3, 0.4) is 0 Å². The minimum atomic E-state index is -0.250. The average Bonchev–Trinajstić information content (AvgIpc) is 3.09. The van der Waals surface area contributed by atoms with E-state index in [-0.39, 0.29) is 11.5 Å². The molecule has 8 heteroatoms. The van der Waals surface area contributed by atoms with Crippen molar-refractivity contribution in [1.29, 1.82) is 0 Å². The Labute approximate surface area is 172 Å². The molecule has 0 aliphatic carbocycles. The molecule has 1 heterocycles. The van der Waals surface area contributed by atoms with E-state index in [0.29, 0.717) is 32.7 Å². The number of carbonyl (C=O) groups is 1. The van der Waals surface area contributed by atoms with Crippen LogP contribution in [-0.4, -0.2) is 46.9 Å². The normalized spacial score (nSPS) is 11.0. The third-order valence-electron chi connectivity index (χ3n) is 3.89. The maximum atomic E-state index is 13.0. The topological polar surface area (TPSA) is 60.2 Å². The molecule has 0 saturated heterocycles. The van der Waals surface area contributed by atoms with E-state index in [0.717, 1.165) is 0 Å². The van der Waals surface area contributed by atoms with Gasteiger partial charge in [0.25, 0.3) is 0 Å². The minimum absolute atomic E-state index is 0.222. The highest BCUT2D eigenvalue weighted by molar-refractivity contribution is 6.34. The lowest BCUT2D eigenvalue weighted by Gasteiger charge is -2.08. The van der Waals surface area contributed by atoms with Gasteiger partial charge < -0.3 is 9.64 Å². The Balaban J connectivity index is 2.10. The van der Waals surface area contributed by atoms with Gasteiger partial charge in [-0.25, -0.2) is 4.68 Å². The van der Waals surface area contributed by atoms with Gasteiger partial charge in [-0.15, -0.1) is 5.10 Å². The van der Waals surface area contributed by atoms with Crippen LogP contribution in [0.2, 0.25) is 10.0 Å². The van der Waals surface area contributed by atoms with Crippen LogP contribution in [0.4, 0.5) is 0 Å². The first kappa shape index (κ1) is 19.9. The molecule has 0 saturated carbocycles. The quantitative estimate of drug-likeness (QED) is 0.559. The molecule has 1 aromatic heterocycles. The number of hydrogen-bond donors (Lipinski definition) is 0. The smallest absolute Gasteiger partial charge is 0.215 e. The van der Waals surface area contributed by atoms with E-state index in [1.165, 1.54) is 4.68 Å². The van der Waals surface area contributed by atoms with Gasteiger partial charge in [0.2, 0.25) is 5.78 Å². The van der Waals surface area contributed by atoms with E-state index in [2.05, 4.69) is 10.3 Å². The molecule has 0 aliphatic rings. The SMILES string of the molecule is COc1ccc(C(=O)c2nnn(-c3cc(Cl)cc(Cl)c3)c2C=CN(C)C)cc1. The second-order valence-electron chi connectivity index (χ2n) is 6.20. The van der Waals surface area contributed by atoms with Crippen LogP contribution in [0.1, 0.15) is 21.7 Å². The van der Waals surface area contributed by atoms with Crippen LogP contribution in [0.5, 0.6) is 5.75 Å². The van der Waals surface area contributed by atoms with E-state index >= 15 is 0 Å². The van der Waals surface area contributed by atoms with Gasteiger partial charge >= 0.3 is 0 Å². The Kier molecular flexibility index (Phi) is 6.02. The first-order valence-electron chi connectivity index (χ1n) is 8.34. The molecule has 3 aromatic rings. The lowest BCUT2D eigenvalue weighted by molar-refractivity contribution is 0.103. The van der Waals surface area contributed by atoms with Crippen molar-refractivity contribution in [2.75, 3.05) is 21.2 Å². The van der Waals surface area contributed by atoms with E-state index < -0.39 is 0 Å². The van der Waals surface area contributed by atoms with Crippen molar-refractivity contribution in [3.8, 4) is 11.4 Å². The fourth-order valence-electron chi connectivity index (χ4n) is 2.55. The van der Waals surface area contributed by atoms with E-state index in [9.17, 15) is 4.79 Å². The summed E-state index contributed by atoms with van der Waals surface area (Å²) < 4.78 is 6.68. The van der Waals surface area contributed by atoms with Crippen molar-refractivity contribution in [3.63, 3.8) is 0 Å². The van der Waals surface area contributed by atoms with Crippen molar-refractivity contribution in [2.45, 2.75) is 0 Å². The Hall–Kier alpha value is -2.83. The highest BCUT2D eigenvalue weighted by Crippen LogP contribution is 2.24. The molecule has 0 unspecified atom stereocenters. The first-order valence-corrected chi connectivity index (χ1v) is 9.10. The number of halogens is 2. The lowest BCUT2D eigenvalue weighted by Crippen LogP contribution is -2.07. The molecular weight excluding hydrogens is 399 g/mol. The predicted molar refractivity (Wildman–Crippen MR) is 111 cm³/mol. The summed E-state index contributed by atoms with van der Waals surface area (Å²) in [5.41, 5.74) is 1.83. The third kappa shape index (κ3) is 4.35. The average molecular weight is 417 g/mol. The van der Waals surface area contributed by atoms with Gasteiger partial charge in [-0.1, -0.05) is 28.4 Å². The standard InChI is InChI=1S/C20H18Cl2N4O2/c1-25(2)9-8-18-19(20(27)13-4-6-17(28-3)7-5-13)23-24-26(18)16-11-14(21)10-15(22)12-16/h4-12H,1-3H3. The molecule has 3 rings (SSSR count). The molecule has 0 spiro atoms. The number of ketones is 1. The zero-order valence-electron chi connectivity index (χ0n) is 15.6. The molecule has 0 bridgehead atoms. The monoisotopic (exact) mass is 416 g/mol. The van der Waals surface area contributed by atoms with Crippen molar-refractivity contribution in [2.24, 2.45) is 0 Å². The zero-order valence-corrected chi connectivity index (χ0v) is 17.1. The molecule has 0 aliphatic heterocycles. The second-order valence-corrected chi connectivity index (χ2v) is 7.07. The van der Waals surface area contributed by atoms with Gasteiger partial charge in [-0.05, 0) is 48.5 Å². The molecule has 28 heavy (non-hydrogen) atoms. The van der Waals surface area contributed by atoms with Gasteiger partial charge in [0, 0.05) is 35.9 Å². The van der Waals surface area contributed by atoms with Gasteiger partial charge in [0.1, 0.15) is 11.4 Å². The van der Waals surface area contributed by atoms with Crippen molar-refractivity contribution >= 4 is 35.1 Å². The summed E-state index contributed by atoms with van der Waals surface area (Å²) >= 11 is 12.2. The molecular formula is C20H18Cl2N4O2. The van der Waals surface area contributed by atoms with Gasteiger partial charge in [0.05, 0.1) is 12.8 Å². The van der Waals surface area contributed by atoms with Gasteiger partial charge in [-0.2, -0.15) is 0 Å². The maximum absolute atomic E-state index is 13.0. The molecule has 0 atom stereocenters. The summed E-state index contributed by atoms with van der Waals surface area (Å²) in [6.07, 6.45) is 3.58. The Morgan fingerprint density at radius 1 is 1.11 bits per heavy atom. The lowest BCUT2D eigenvalue weighted by atomic mass is 10.1. The number of carbonyl (C=O) groups excluding carboxylic acids is 1. The molecule has 2 aromatic carbocycles. The highest BCUT2D eigenvalue weighted by Gasteiger charge is 2.21. The van der Waals surface area contributed by atoms with Crippen LogP contribution in [-0.2, 0) is 0 Å². The fraction of sp³-hybridized carbons (Fsp3) is 0.150. The number of aromatic nitrogens is 3. The van der Waals surface area contributed by atoms with Crippen molar-refractivity contribution in [3.05, 3.63) is 75.7 Å². The minimum Gasteiger partial charge on any atom is -0.497 e. The zero-order chi connectivity index (χ0) is 20.3. The highest BCUT2D eigenvalue weighted by atomic mass is 35.5. The van der Waals surface area contributed by atoms with Crippen molar-refractivity contribution in [1.82, 2.24) is 19.9 Å². The maximum Gasteiger partial charge on any atom is 0.215 e. The van der Waals surface area contributed by atoms with Crippen LogP contribution < -0.4 is 4.74 Å². The number of methoxy groups -OCH3 is 1. The van der Waals surface area contributed by atoms with Crippen LogP contribution in [0, 0.1) is 0 Å². The molecule has 0 radical (unpaired) electrons. The third-order valence-corrected chi connectivity index (χ3v) is 4.33. The first-order chi connectivity index (χ1) is 13.4. The second kappa shape index (κ2) is 8.46. The van der Waals surface area contributed by atoms with E-state index in [1.54, 1.807) is 55.7 Å². The van der Waals surface area contributed by atoms with Crippen LogP contribution >= 0.6 is 23.2 Å². The van der Waals surface area contributed by atoms with Gasteiger partial charge in [0.15, 0.2) is 5.69 Å². The summed E-state index contributed by atoms with van der Waals surface area (Å²) in [5, 5.41) is 9.21. The van der Waals surface area contributed by atoms with Crippen molar-refractivity contribution < 1.29 is 9.53 Å². The summed E-state index contributed by atoms with van der Waals surface area (Å²) in [6.45, 7) is 0. The largest absolute Gasteiger partial charge is 0.497 e. The summed E-state index contributed by atoms with van der Waals surface area (Å²) in [6, 6.07) is 11.9. The van der Waals surface area contributed by atoms with E-state index in [1.807, 2.05) is 25.2 Å². The number of hydrogen-bond acceptors (Lipinski definition) is 5. The predicted octanol–water partition coefficient (Wildman–Crippen LogP) is 4.35. The molecule has 144 valence electrons. The Bertz CT molecular complexity index is 1010. The van der Waals surface area contributed by atoms with Gasteiger partial charge in [-0.3, -0.25) is 4.79 Å². The number of ether oxygens (including phenoxy) is 1. The van der Waals surface area contributed by atoms with Crippen LogP contribution in [0.25, 0.3) is 11.8 Å². The summed E-state index contributed by atoms with van der Waals surface area (Å²) in [7, 11) is 5.33. The Morgan fingerprint density at radius 3 is 2.32 bits per heavy atom. The summed E-state index contributed by atoms with van der Waals surface area (Å²) in [5.74, 6) is 0.418. The van der Waals surface area contributed by atoms with E-state index in [4.69, 9.17) is 27.9 Å². The fourth-order valence-corrected chi connectivity index (χ4v) is 3.07. The Morgan fingerprint density at radius 2 is 1.75 bits per heavy atom. The number of rotatable bonds is 6. The number of benzene rings is 2. The molecule has 0 amide bonds. The molecule has 0 fully saturated rings. The molecule has 6 nitrogen and oxygen atoms in total. The summed E-state index contributed by atoms with van der Waals surface area (Å²) in [4.78, 5) is 14.9. The van der Waals surface area contributed by atoms with Crippen LogP contribution in [0.15, 0.2) is 48.7 Å². The molecule has 0 N–H and O–H groups in total. The number of nitrogens with zero attached hydrogens (tertiary/aromatic N) is 4.